The van der Waals surface area contributed by atoms with Crippen molar-refractivity contribution in [1.29, 1.82) is 0 Å². The number of esters is 1. The Morgan fingerprint density at radius 2 is 2.10 bits per heavy atom. The molecule has 2 N–H and O–H groups in total. The fourth-order valence-corrected chi connectivity index (χ4v) is 2.48. The summed E-state index contributed by atoms with van der Waals surface area (Å²) in [4.78, 5) is 23.3. The van der Waals surface area contributed by atoms with Crippen molar-refractivity contribution in [3.8, 4) is 0 Å². The zero-order chi connectivity index (χ0) is 15.1. The Kier molecular flexibility index (Phi) is 5.75. The Labute approximate surface area is 125 Å². The fourth-order valence-electron chi connectivity index (χ4n) is 2.48. The molecule has 1 aromatic rings. The van der Waals surface area contributed by atoms with E-state index in [2.05, 4.69) is 15.4 Å². The predicted molar refractivity (Wildman–Crippen MR) is 80.1 cm³/mol. The predicted octanol–water partition coefficient (Wildman–Crippen LogP) is 1.13. The average molecular weight is 290 g/mol. The van der Waals surface area contributed by atoms with Crippen LogP contribution < -0.4 is 10.6 Å². The van der Waals surface area contributed by atoms with Crippen LogP contribution >= 0.6 is 0 Å². The van der Waals surface area contributed by atoms with Crippen LogP contribution in [0.4, 0.5) is 0 Å². The number of carbonyl (C=O) groups is 2. The summed E-state index contributed by atoms with van der Waals surface area (Å²) < 4.78 is 4.65. The number of nitrogens with one attached hydrogen (secondary N) is 2. The first-order valence-corrected chi connectivity index (χ1v) is 7.36. The first kappa shape index (κ1) is 15.5. The van der Waals surface area contributed by atoms with Crippen molar-refractivity contribution in [3.63, 3.8) is 0 Å². The van der Waals surface area contributed by atoms with Gasteiger partial charge in [-0.3, -0.25) is 4.79 Å². The van der Waals surface area contributed by atoms with E-state index in [4.69, 9.17) is 0 Å². The van der Waals surface area contributed by atoms with E-state index in [1.54, 1.807) is 12.1 Å². The van der Waals surface area contributed by atoms with Crippen molar-refractivity contribution in [2.24, 2.45) is 5.92 Å². The number of hydrogen-bond donors (Lipinski definition) is 2. The summed E-state index contributed by atoms with van der Waals surface area (Å²) >= 11 is 0. The van der Waals surface area contributed by atoms with Gasteiger partial charge < -0.3 is 15.4 Å². The molecule has 0 aromatic heterocycles. The molecule has 21 heavy (non-hydrogen) atoms. The quantitative estimate of drug-likeness (QED) is 0.798. The summed E-state index contributed by atoms with van der Waals surface area (Å²) in [6, 6.07) is 7.27. The van der Waals surface area contributed by atoms with Gasteiger partial charge in [0.25, 0.3) is 0 Å². The highest BCUT2D eigenvalue weighted by atomic mass is 16.5. The molecule has 114 valence electrons. The standard InChI is InChI=1S/C16H22N2O3/c1-21-16(20)13-6-4-12(5-7-13)8-10-18-15(19)14-3-2-9-17-11-14/h4-7,14,17H,2-3,8-11H2,1H3,(H,18,19). The molecule has 1 fully saturated rings. The summed E-state index contributed by atoms with van der Waals surface area (Å²) in [6.07, 6.45) is 2.78. The lowest BCUT2D eigenvalue weighted by Gasteiger charge is -2.21. The van der Waals surface area contributed by atoms with Crippen LogP contribution in [-0.4, -0.2) is 38.6 Å². The minimum absolute atomic E-state index is 0.0976. The maximum Gasteiger partial charge on any atom is 0.337 e. The van der Waals surface area contributed by atoms with Gasteiger partial charge in [0, 0.05) is 13.1 Å². The van der Waals surface area contributed by atoms with Gasteiger partial charge in [-0.1, -0.05) is 12.1 Å². The third-order valence-electron chi connectivity index (χ3n) is 3.76. The van der Waals surface area contributed by atoms with Crippen molar-refractivity contribution >= 4 is 11.9 Å². The maximum absolute atomic E-state index is 12.0. The van der Waals surface area contributed by atoms with Crippen molar-refractivity contribution in [2.75, 3.05) is 26.7 Å². The Morgan fingerprint density at radius 3 is 2.71 bits per heavy atom. The molecule has 1 saturated heterocycles. The molecule has 5 heteroatoms. The lowest BCUT2D eigenvalue weighted by molar-refractivity contribution is -0.125. The van der Waals surface area contributed by atoms with Crippen LogP contribution in [-0.2, 0) is 16.0 Å². The Bertz CT molecular complexity index is 479. The van der Waals surface area contributed by atoms with Gasteiger partial charge >= 0.3 is 5.97 Å². The lowest BCUT2D eigenvalue weighted by Crippen LogP contribution is -2.41. The Hall–Kier alpha value is -1.88. The molecule has 0 aliphatic carbocycles. The van der Waals surface area contributed by atoms with Crippen LogP contribution in [0.15, 0.2) is 24.3 Å². The van der Waals surface area contributed by atoms with Gasteiger partial charge in [-0.15, -0.1) is 0 Å². The topological polar surface area (TPSA) is 67.4 Å². The van der Waals surface area contributed by atoms with Crippen LogP contribution in [0.1, 0.15) is 28.8 Å². The molecule has 0 radical (unpaired) electrons. The molecule has 1 heterocycles. The summed E-state index contributed by atoms with van der Waals surface area (Å²) in [6.45, 7) is 2.41. The molecule has 0 spiro atoms. The highest BCUT2D eigenvalue weighted by molar-refractivity contribution is 5.89. The molecule has 1 atom stereocenters. The van der Waals surface area contributed by atoms with Gasteiger partial charge in [-0.05, 0) is 43.5 Å². The molecule has 1 aliphatic rings. The highest BCUT2D eigenvalue weighted by Crippen LogP contribution is 2.10. The molecule has 5 nitrogen and oxygen atoms in total. The van der Waals surface area contributed by atoms with Crippen LogP contribution in [0.2, 0.25) is 0 Å². The van der Waals surface area contributed by atoms with Crippen LogP contribution in [0.5, 0.6) is 0 Å². The molecule has 0 bridgehead atoms. The van der Waals surface area contributed by atoms with Gasteiger partial charge in [0.1, 0.15) is 0 Å². The average Bonchev–Trinajstić information content (AvgIpc) is 2.55. The van der Waals surface area contributed by atoms with Gasteiger partial charge in [0.05, 0.1) is 18.6 Å². The Balaban J connectivity index is 1.75. The van der Waals surface area contributed by atoms with E-state index < -0.39 is 0 Å². The molecule has 1 unspecified atom stereocenters. The third kappa shape index (κ3) is 4.56. The normalized spacial score (nSPS) is 18.0. The summed E-state index contributed by atoms with van der Waals surface area (Å²) in [5, 5.41) is 6.22. The fraction of sp³-hybridized carbons (Fsp3) is 0.500. The minimum atomic E-state index is -0.334. The number of rotatable bonds is 5. The molecular weight excluding hydrogens is 268 g/mol. The zero-order valence-electron chi connectivity index (χ0n) is 12.4. The number of carbonyl (C=O) groups excluding carboxylic acids is 2. The number of amides is 1. The van der Waals surface area contributed by atoms with Crippen molar-refractivity contribution in [2.45, 2.75) is 19.3 Å². The van der Waals surface area contributed by atoms with E-state index in [1.165, 1.54) is 7.11 Å². The lowest BCUT2D eigenvalue weighted by atomic mass is 9.99. The van der Waals surface area contributed by atoms with Crippen LogP contribution in [0, 0.1) is 5.92 Å². The monoisotopic (exact) mass is 290 g/mol. The number of piperidine rings is 1. The van der Waals surface area contributed by atoms with E-state index in [1.807, 2.05) is 12.1 Å². The molecule has 1 aromatic carbocycles. The van der Waals surface area contributed by atoms with E-state index in [-0.39, 0.29) is 17.8 Å². The second-order valence-corrected chi connectivity index (χ2v) is 5.27. The summed E-state index contributed by atoms with van der Waals surface area (Å²) in [5.41, 5.74) is 1.63. The first-order valence-electron chi connectivity index (χ1n) is 7.36. The second kappa shape index (κ2) is 7.78. The third-order valence-corrected chi connectivity index (χ3v) is 3.76. The number of hydrogen-bond acceptors (Lipinski definition) is 4. The molecular formula is C16H22N2O3. The maximum atomic E-state index is 12.0. The van der Waals surface area contributed by atoms with E-state index in [0.29, 0.717) is 12.1 Å². The Morgan fingerprint density at radius 1 is 1.33 bits per heavy atom. The molecule has 1 aliphatic heterocycles. The van der Waals surface area contributed by atoms with Crippen molar-refractivity contribution < 1.29 is 14.3 Å². The minimum Gasteiger partial charge on any atom is -0.465 e. The largest absolute Gasteiger partial charge is 0.465 e. The van der Waals surface area contributed by atoms with E-state index in [0.717, 1.165) is 37.9 Å². The molecule has 1 amide bonds. The highest BCUT2D eigenvalue weighted by Gasteiger charge is 2.20. The van der Waals surface area contributed by atoms with Crippen molar-refractivity contribution in [1.82, 2.24) is 10.6 Å². The van der Waals surface area contributed by atoms with Crippen LogP contribution in [0.25, 0.3) is 0 Å². The summed E-state index contributed by atoms with van der Waals surface area (Å²) in [5.74, 6) is -0.103. The molecule has 2 rings (SSSR count). The van der Waals surface area contributed by atoms with Crippen LogP contribution in [0.3, 0.4) is 0 Å². The smallest absolute Gasteiger partial charge is 0.337 e. The number of benzene rings is 1. The number of ether oxygens (including phenoxy) is 1. The first-order chi connectivity index (χ1) is 10.2. The van der Waals surface area contributed by atoms with E-state index in [9.17, 15) is 9.59 Å². The second-order valence-electron chi connectivity index (χ2n) is 5.27. The molecule has 0 saturated carbocycles. The number of methoxy groups -OCH3 is 1. The van der Waals surface area contributed by atoms with Gasteiger partial charge in [-0.25, -0.2) is 4.79 Å². The van der Waals surface area contributed by atoms with Crippen molar-refractivity contribution in [3.05, 3.63) is 35.4 Å². The summed E-state index contributed by atoms with van der Waals surface area (Å²) in [7, 11) is 1.37. The zero-order valence-corrected chi connectivity index (χ0v) is 12.4. The van der Waals surface area contributed by atoms with Gasteiger partial charge in [0.15, 0.2) is 0 Å². The SMILES string of the molecule is COC(=O)c1ccc(CCNC(=O)C2CCCNC2)cc1. The van der Waals surface area contributed by atoms with Gasteiger partial charge in [-0.2, -0.15) is 0 Å². The van der Waals surface area contributed by atoms with E-state index >= 15 is 0 Å². The van der Waals surface area contributed by atoms with Gasteiger partial charge in [0.2, 0.25) is 5.91 Å².